The van der Waals surface area contributed by atoms with Crippen LogP contribution in [0.15, 0.2) is 18.6 Å². The Kier molecular flexibility index (Phi) is 4.82. The predicted octanol–water partition coefficient (Wildman–Crippen LogP) is 2.20. The van der Waals surface area contributed by atoms with E-state index in [-0.39, 0.29) is 6.10 Å². The first-order valence-electron chi connectivity index (χ1n) is 8.39. The first-order valence-corrected chi connectivity index (χ1v) is 8.39. The third-order valence-electron chi connectivity index (χ3n) is 4.48. The summed E-state index contributed by atoms with van der Waals surface area (Å²) in [6.45, 7) is 9.08. The van der Waals surface area contributed by atoms with E-state index >= 15 is 0 Å². The van der Waals surface area contributed by atoms with Crippen LogP contribution in [0.5, 0.6) is 0 Å². The molecule has 0 bridgehead atoms. The zero-order valence-corrected chi connectivity index (χ0v) is 14.5. The molecule has 0 aromatic carbocycles. The highest BCUT2D eigenvalue weighted by Gasteiger charge is 2.31. The minimum absolute atomic E-state index is 0.0920. The van der Waals surface area contributed by atoms with Gasteiger partial charge in [0.2, 0.25) is 0 Å². The summed E-state index contributed by atoms with van der Waals surface area (Å²) in [5, 5.41) is 12.4. The Hall–Kier alpha value is -1.66. The molecule has 1 fully saturated rings. The summed E-state index contributed by atoms with van der Waals surface area (Å²) in [5.74, 6) is 0.608. The summed E-state index contributed by atoms with van der Waals surface area (Å²) in [7, 11) is 1.97. The average molecular weight is 317 g/mol. The number of nitrogens with zero attached hydrogens (tertiary/aromatic N) is 4. The number of hydrogen-bond donors (Lipinski definition) is 1. The molecule has 0 unspecified atom stereocenters. The monoisotopic (exact) mass is 317 g/mol. The zero-order chi connectivity index (χ0) is 16.4. The van der Waals surface area contributed by atoms with E-state index < -0.39 is 0 Å². The van der Waals surface area contributed by atoms with Gasteiger partial charge in [-0.2, -0.15) is 10.2 Å². The highest BCUT2D eigenvalue weighted by Crippen LogP contribution is 2.31. The highest BCUT2D eigenvalue weighted by atomic mass is 16.5. The van der Waals surface area contributed by atoms with Crippen LogP contribution in [-0.2, 0) is 24.9 Å². The molecule has 0 radical (unpaired) electrons. The molecule has 126 valence electrons. The SMILES string of the molecule is Cc1c([C@H]2OCC[C@@H]2NCc2cnn(CC(C)C)c2)cnn1C. The van der Waals surface area contributed by atoms with E-state index in [4.69, 9.17) is 4.74 Å². The Balaban J connectivity index is 1.61. The van der Waals surface area contributed by atoms with Gasteiger partial charge in [-0.15, -0.1) is 0 Å². The molecule has 1 aliphatic heterocycles. The Labute approximate surface area is 137 Å². The highest BCUT2D eigenvalue weighted by molar-refractivity contribution is 5.22. The summed E-state index contributed by atoms with van der Waals surface area (Å²) in [5.41, 5.74) is 3.59. The maximum atomic E-state index is 5.96. The van der Waals surface area contributed by atoms with E-state index in [2.05, 4.69) is 42.5 Å². The number of hydrogen-bond acceptors (Lipinski definition) is 4. The summed E-state index contributed by atoms with van der Waals surface area (Å²) in [6, 6.07) is 0.325. The van der Waals surface area contributed by atoms with Crippen molar-refractivity contribution >= 4 is 0 Å². The van der Waals surface area contributed by atoms with Crippen LogP contribution in [-0.4, -0.2) is 32.2 Å². The standard InChI is InChI=1S/C17H27N5O/c1-12(2)10-22-11-14(8-20-22)7-18-16-5-6-23-17(16)15-9-19-21(4)13(15)3/h8-9,11-12,16-18H,5-7,10H2,1-4H3/t16-,17+/m0/s1. The van der Waals surface area contributed by atoms with E-state index in [0.29, 0.717) is 12.0 Å². The van der Waals surface area contributed by atoms with Crippen molar-refractivity contribution in [1.82, 2.24) is 24.9 Å². The molecular weight excluding hydrogens is 290 g/mol. The third-order valence-corrected chi connectivity index (χ3v) is 4.48. The van der Waals surface area contributed by atoms with Crippen LogP contribution in [0, 0.1) is 12.8 Å². The fourth-order valence-electron chi connectivity index (χ4n) is 3.12. The Morgan fingerprint density at radius 1 is 1.35 bits per heavy atom. The van der Waals surface area contributed by atoms with Crippen molar-refractivity contribution in [2.24, 2.45) is 13.0 Å². The fourth-order valence-corrected chi connectivity index (χ4v) is 3.12. The Morgan fingerprint density at radius 3 is 2.87 bits per heavy atom. The van der Waals surface area contributed by atoms with Crippen molar-refractivity contribution in [3.63, 3.8) is 0 Å². The number of aromatic nitrogens is 4. The number of rotatable bonds is 6. The van der Waals surface area contributed by atoms with Crippen LogP contribution in [0.4, 0.5) is 0 Å². The van der Waals surface area contributed by atoms with Gasteiger partial charge in [0.1, 0.15) is 6.10 Å². The fraction of sp³-hybridized carbons (Fsp3) is 0.647. The topological polar surface area (TPSA) is 56.9 Å². The molecule has 6 heteroatoms. The van der Waals surface area contributed by atoms with Gasteiger partial charge in [-0.3, -0.25) is 9.36 Å². The third kappa shape index (κ3) is 3.64. The van der Waals surface area contributed by atoms with Crippen molar-refractivity contribution < 1.29 is 4.74 Å². The zero-order valence-electron chi connectivity index (χ0n) is 14.5. The van der Waals surface area contributed by atoms with Gasteiger partial charge in [0.15, 0.2) is 0 Å². The van der Waals surface area contributed by atoms with Crippen LogP contribution in [0.25, 0.3) is 0 Å². The second-order valence-corrected chi connectivity index (χ2v) is 6.84. The molecule has 1 N–H and O–H groups in total. The number of ether oxygens (including phenoxy) is 1. The molecule has 0 saturated carbocycles. The molecule has 0 amide bonds. The van der Waals surface area contributed by atoms with Crippen LogP contribution < -0.4 is 5.32 Å². The Morgan fingerprint density at radius 2 is 2.17 bits per heavy atom. The molecule has 1 saturated heterocycles. The van der Waals surface area contributed by atoms with Gasteiger partial charge < -0.3 is 10.1 Å². The van der Waals surface area contributed by atoms with Gasteiger partial charge >= 0.3 is 0 Å². The summed E-state index contributed by atoms with van der Waals surface area (Å²) >= 11 is 0. The molecule has 2 atom stereocenters. The van der Waals surface area contributed by atoms with Crippen molar-refractivity contribution in [1.29, 1.82) is 0 Å². The smallest absolute Gasteiger partial charge is 0.101 e. The van der Waals surface area contributed by atoms with E-state index in [1.807, 2.05) is 28.8 Å². The van der Waals surface area contributed by atoms with Crippen LogP contribution >= 0.6 is 0 Å². The van der Waals surface area contributed by atoms with Gasteiger partial charge in [-0.05, 0) is 19.3 Å². The maximum absolute atomic E-state index is 5.96. The maximum Gasteiger partial charge on any atom is 0.101 e. The lowest BCUT2D eigenvalue weighted by atomic mass is 10.0. The molecule has 3 rings (SSSR count). The van der Waals surface area contributed by atoms with Crippen molar-refractivity contribution in [3.05, 3.63) is 35.4 Å². The molecule has 2 aromatic rings. The molecule has 1 aliphatic rings. The van der Waals surface area contributed by atoms with Gasteiger partial charge in [-0.25, -0.2) is 0 Å². The molecule has 0 aliphatic carbocycles. The van der Waals surface area contributed by atoms with Crippen molar-refractivity contribution in [2.75, 3.05) is 6.61 Å². The summed E-state index contributed by atoms with van der Waals surface area (Å²) in [4.78, 5) is 0. The van der Waals surface area contributed by atoms with Gasteiger partial charge in [0, 0.05) is 55.8 Å². The number of nitrogens with one attached hydrogen (secondary N) is 1. The van der Waals surface area contributed by atoms with E-state index in [9.17, 15) is 0 Å². The average Bonchev–Trinajstić information content (AvgIpc) is 3.19. The molecule has 6 nitrogen and oxygen atoms in total. The summed E-state index contributed by atoms with van der Waals surface area (Å²) in [6.07, 6.45) is 7.14. The van der Waals surface area contributed by atoms with E-state index in [1.54, 1.807) is 0 Å². The second-order valence-electron chi connectivity index (χ2n) is 6.84. The predicted molar refractivity (Wildman–Crippen MR) is 88.9 cm³/mol. The van der Waals surface area contributed by atoms with Gasteiger partial charge in [0.05, 0.1) is 12.4 Å². The number of aryl methyl sites for hydroxylation is 1. The van der Waals surface area contributed by atoms with Crippen LogP contribution in [0.2, 0.25) is 0 Å². The van der Waals surface area contributed by atoms with Gasteiger partial charge in [-0.1, -0.05) is 13.8 Å². The van der Waals surface area contributed by atoms with Gasteiger partial charge in [0.25, 0.3) is 0 Å². The van der Waals surface area contributed by atoms with E-state index in [0.717, 1.165) is 26.1 Å². The molecular formula is C17H27N5O. The summed E-state index contributed by atoms with van der Waals surface area (Å²) < 4.78 is 9.89. The minimum Gasteiger partial charge on any atom is -0.372 e. The van der Waals surface area contributed by atoms with Crippen molar-refractivity contribution in [2.45, 2.75) is 52.4 Å². The van der Waals surface area contributed by atoms with Crippen LogP contribution in [0.3, 0.4) is 0 Å². The molecule has 23 heavy (non-hydrogen) atoms. The minimum atomic E-state index is 0.0920. The van der Waals surface area contributed by atoms with Crippen molar-refractivity contribution in [3.8, 4) is 0 Å². The quantitative estimate of drug-likeness (QED) is 0.887. The first kappa shape index (κ1) is 16.2. The Bertz CT molecular complexity index is 645. The largest absolute Gasteiger partial charge is 0.372 e. The normalized spacial score (nSPS) is 21.4. The molecule has 0 spiro atoms. The molecule has 2 aromatic heterocycles. The lowest BCUT2D eigenvalue weighted by Crippen LogP contribution is -2.31. The molecule has 3 heterocycles. The lowest BCUT2D eigenvalue weighted by Gasteiger charge is -2.19. The van der Waals surface area contributed by atoms with Crippen LogP contribution in [0.1, 0.15) is 43.2 Å². The lowest BCUT2D eigenvalue weighted by molar-refractivity contribution is 0.0979. The first-order chi connectivity index (χ1) is 11.0. The second kappa shape index (κ2) is 6.84. The van der Waals surface area contributed by atoms with E-state index in [1.165, 1.54) is 16.8 Å².